The van der Waals surface area contributed by atoms with E-state index in [1.165, 1.54) is 18.2 Å². The highest BCUT2D eigenvalue weighted by Gasteiger charge is 2.07. The van der Waals surface area contributed by atoms with Crippen LogP contribution in [0.4, 0.5) is 4.39 Å². The highest BCUT2D eigenvalue weighted by Crippen LogP contribution is 2.27. The van der Waals surface area contributed by atoms with Gasteiger partial charge in [0, 0.05) is 5.56 Å². The van der Waals surface area contributed by atoms with Crippen molar-refractivity contribution >= 4 is 0 Å². The molecule has 0 fully saturated rings. The van der Waals surface area contributed by atoms with Crippen molar-refractivity contribution in [1.29, 1.82) is 5.26 Å². The fourth-order valence-electron chi connectivity index (χ4n) is 1.79. The van der Waals surface area contributed by atoms with E-state index in [0.717, 1.165) is 0 Å². The molecule has 0 bridgehead atoms. The predicted octanol–water partition coefficient (Wildman–Crippen LogP) is 3.68. The summed E-state index contributed by atoms with van der Waals surface area (Å²) in [5, 5.41) is 8.99. The largest absolute Gasteiger partial charge is 0.490 e. The van der Waals surface area contributed by atoms with Gasteiger partial charge in [-0.1, -0.05) is 12.1 Å². The van der Waals surface area contributed by atoms with E-state index in [9.17, 15) is 4.39 Å². The van der Waals surface area contributed by atoms with Gasteiger partial charge in [-0.15, -0.1) is 0 Å². The second-order valence-electron chi connectivity index (χ2n) is 4.08. The SMILES string of the molecule is CCOc1ccccc1OCc1cc(F)ccc1C#N. The summed E-state index contributed by atoms with van der Waals surface area (Å²) in [6, 6.07) is 13.3. The lowest BCUT2D eigenvalue weighted by Gasteiger charge is -2.12. The summed E-state index contributed by atoms with van der Waals surface area (Å²) in [5.41, 5.74) is 0.916. The molecular formula is C16H14FNO2. The van der Waals surface area contributed by atoms with E-state index in [2.05, 4.69) is 0 Å². The fraction of sp³-hybridized carbons (Fsp3) is 0.188. The smallest absolute Gasteiger partial charge is 0.161 e. The summed E-state index contributed by atoms with van der Waals surface area (Å²) >= 11 is 0. The third-order valence-electron chi connectivity index (χ3n) is 2.72. The molecule has 0 aliphatic heterocycles. The van der Waals surface area contributed by atoms with Crippen molar-refractivity contribution in [2.24, 2.45) is 0 Å². The third-order valence-corrected chi connectivity index (χ3v) is 2.72. The molecule has 2 aromatic rings. The van der Waals surface area contributed by atoms with Gasteiger partial charge in [-0.05, 0) is 37.3 Å². The van der Waals surface area contributed by atoms with E-state index >= 15 is 0 Å². The molecule has 0 aliphatic carbocycles. The Balaban J connectivity index is 2.17. The topological polar surface area (TPSA) is 42.2 Å². The van der Waals surface area contributed by atoms with Gasteiger partial charge in [-0.2, -0.15) is 5.26 Å². The molecule has 0 spiro atoms. The molecule has 0 radical (unpaired) electrons. The van der Waals surface area contributed by atoms with Gasteiger partial charge in [-0.25, -0.2) is 4.39 Å². The number of nitrogens with zero attached hydrogens (tertiary/aromatic N) is 1. The van der Waals surface area contributed by atoms with Crippen LogP contribution in [0, 0.1) is 17.1 Å². The minimum Gasteiger partial charge on any atom is -0.490 e. The normalized spacial score (nSPS) is 9.85. The van der Waals surface area contributed by atoms with Crippen LogP contribution < -0.4 is 9.47 Å². The lowest BCUT2D eigenvalue weighted by Crippen LogP contribution is -2.01. The molecule has 0 saturated carbocycles. The molecule has 0 amide bonds. The number of hydrogen-bond acceptors (Lipinski definition) is 3. The highest BCUT2D eigenvalue weighted by atomic mass is 19.1. The minimum atomic E-state index is -0.388. The monoisotopic (exact) mass is 271 g/mol. The number of halogens is 1. The van der Waals surface area contributed by atoms with E-state index in [1.54, 1.807) is 12.1 Å². The zero-order valence-electron chi connectivity index (χ0n) is 11.1. The maximum absolute atomic E-state index is 13.2. The van der Waals surface area contributed by atoms with Crippen molar-refractivity contribution in [2.45, 2.75) is 13.5 Å². The average Bonchev–Trinajstić information content (AvgIpc) is 2.47. The maximum atomic E-state index is 13.2. The molecule has 20 heavy (non-hydrogen) atoms. The van der Waals surface area contributed by atoms with Crippen LogP contribution in [0.1, 0.15) is 18.1 Å². The molecule has 102 valence electrons. The number of nitriles is 1. The van der Waals surface area contributed by atoms with Gasteiger partial charge in [0.15, 0.2) is 11.5 Å². The Morgan fingerprint density at radius 2 is 1.80 bits per heavy atom. The first-order chi connectivity index (χ1) is 9.74. The summed E-state index contributed by atoms with van der Waals surface area (Å²) in [6.45, 7) is 2.53. The van der Waals surface area contributed by atoms with Crippen LogP contribution in [0.2, 0.25) is 0 Å². The Labute approximate surface area is 117 Å². The molecule has 0 atom stereocenters. The van der Waals surface area contributed by atoms with E-state index < -0.39 is 0 Å². The molecule has 0 unspecified atom stereocenters. The van der Waals surface area contributed by atoms with E-state index in [0.29, 0.717) is 29.2 Å². The predicted molar refractivity (Wildman–Crippen MR) is 73.1 cm³/mol. The van der Waals surface area contributed by atoms with Gasteiger partial charge in [0.2, 0.25) is 0 Å². The van der Waals surface area contributed by atoms with Crippen molar-refractivity contribution in [3.63, 3.8) is 0 Å². The van der Waals surface area contributed by atoms with Crippen molar-refractivity contribution < 1.29 is 13.9 Å². The molecule has 0 aliphatic rings. The van der Waals surface area contributed by atoms with Gasteiger partial charge in [0.05, 0.1) is 18.2 Å². The van der Waals surface area contributed by atoms with Crippen molar-refractivity contribution in [2.75, 3.05) is 6.61 Å². The Hall–Kier alpha value is -2.54. The number of rotatable bonds is 5. The Morgan fingerprint density at radius 1 is 1.10 bits per heavy atom. The number of ether oxygens (including phenoxy) is 2. The van der Waals surface area contributed by atoms with Crippen LogP contribution in [0.15, 0.2) is 42.5 Å². The second-order valence-corrected chi connectivity index (χ2v) is 4.08. The summed E-state index contributed by atoms with van der Waals surface area (Å²) in [4.78, 5) is 0. The van der Waals surface area contributed by atoms with E-state index in [4.69, 9.17) is 14.7 Å². The van der Waals surface area contributed by atoms with E-state index in [-0.39, 0.29) is 12.4 Å². The molecule has 4 heteroatoms. The maximum Gasteiger partial charge on any atom is 0.161 e. The summed E-state index contributed by atoms with van der Waals surface area (Å²) in [7, 11) is 0. The number of benzene rings is 2. The summed E-state index contributed by atoms with van der Waals surface area (Å²) in [6.07, 6.45) is 0. The van der Waals surface area contributed by atoms with E-state index in [1.807, 2.05) is 25.1 Å². The van der Waals surface area contributed by atoms with Gasteiger partial charge in [0.25, 0.3) is 0 Å². The Bertz CT molecular complexity index is 635. The van der Waals surface area contributed by atoms with Crippen molar-refractivity contribution in [1.82, 2.24) is 0 Å². The van der Waals surface area contributed by atoms with Crippen LogP contribution in [0.3, 0.4) is 0 Å². The number of para-hydroxylation sites is 2. The first-order valence-electron chi connectivity index (χ1n) is 6.27. The van der Waals surface area contributed by atoms with Gasteiger partial charge >= 0.3 is 0 Å². The molecule has 0 aromatic heterocycles. The van der Waals surface area contributed by atoms with Gasteiger partial charge < -0.3 is 9.47 Å². The van der Waals surface area contributed by atoms with Crippen LogP contribution in [0.5, 0.6) is 11.5 Å². The molecule has 0 N–H and O–H groups in total. The van der Waals surface area contributed by atoms with Gasteiger partial charge in [0.1, 0.15) is 12.4 Å². The molecule has 0 saturated heterocycles. The molecular weight excluding hydrogens is 257 g/mol. The summed E-state index contributed by atoms with van der Waals surface area (Å²) < 4.78 is 24.3. The molecule has 2 aromatic carbocycles. The Morgan fingerprint density at radius 3 is 2.45 bits per heavy atom. The second kappa shape index (κ2) is 6.58. The first kappa shape index (κ1) is 13.9. The average molecular weight is 271 g/mol. The Kier molecular flexibility index (Phi) is 4.56. The summed E-state index contributed by atoms with van der Waals surface area (Å²) in [5.74, 6) is 0.813. The third kappa shape index (κ3) is 3.27. The lowest BCUT2D eigenvalue weighted by molar-refractivity contribution is 0.269. The quantitative estimate of drug-likeness (QED) is 0.833. The first-order valence-corrected chi connectivity index (χ1v) is 6.27. The van der Waals surface area contributed by atoms with Crippen LogP contribution >= 0.6 is 0 Å². The highest BCUT2D eigenvalue weighted by molar-refractivity contribution is 5.41. The van der Waals surface area contributed by atoms with Crippen LogP contribution in [-0.4, -0.2) is 6.61 Å². The molecule has 3 nitrogen and oxygen atoms in total. The van der Waals surface area contributed by atoms with Crippen LogP contribution in [0.25, 0.3) is 0 Å². The lowest BCUT2D eigenvalue weighted by atomic mass is 10.1. The minimum absolute atomic E-state index is 0.116. The van der Waals surface area contributed by atoms with Gasteiger partial charge in [-0.3, -0.25) is 0 Å². The standard InChI is InChI=1S/C16H14FNO2/c1-2-19-15-5-3-4-6-16(15)20-11-13-9-14(17)8-7-12(13)10-18/h3-9H,2,11H2,1H3. The fourth-order valence-corrected chi connectivity index (χ4v) is 1.79. The van der Waals surface area contributed by atoms with Crippen LogP contribution in [-0.2, 0) is 6.61 Å². The zero-order chi connectivity index (χ0) is 14.4. The van der Waals surface area contributed by atoms with Crippen molar-refractivity contribution in [3.05, 3.63) is 59.4 Å². The number of hydrogen-bond donors (Lipinski definition) is 0. The zero-order valence-corrected chi connectivity index (χ0v) is 11.1. The van der Waals surface area contributed by atoms with Crippen molar-refractivity contribution in [3.8, 4) is 17.6 Å². The molecule has 0 heterocycles. The molecule has 2 rings (SSSR count).